The molecule has 1 heterocycles. The molecule has 0 aromatic rings. The highest BCUT2D eigenvalue weighted by atomic mass is 16.1. The van der Waals surface area contributed by atoms with Crippen LogP contribution in [-0.4, -0.2) is 49.6 Å². The van der Waals surface area contributed by atoms with Crippen LogP contribution in [0.4, 0.5) is 0 Å². The van der Waals surface area contributed by atoms with Crippen molar-refractivity contribution in [3.63, 3.8) is 0 Å². The summed E-state index contributed by atoms with van der Waals surface area (Å²) in [6, 6.07) is 1.02. The van der Waals surface area contributed by atoms with E-state index in [0.29, 0.717) is 18.5 Å². The molecule has 0 aromatic heterocycles. The lowest BCUT2D eigenvalue weighted by molar-refractivity contribution is -0.121. The van der Waals surface area contributed by atoms with Gasteiger partial charge in [0.05, 0.1) is 0 Å². The van der Waals surface area contributed by atoms with E-state index in [9.17, 15) is 4.79 Å². The van der Waals surface area contributed by atoms with Gasteiger partial charge in [-0.25, -0.2) is 0 Å². The molecule has 2 N–H and O–H groups in total. The highest BCUT2D eigenvalue weighted by Crippen LogP contribution is 2.08. The molecule has 18 heavy (non-hydrogen) atoms. The zero-order valence-corrected chi connectivity index (χ0v) is 12.2. The van der Waals surface area contributed by atoms with Gasteiger partial charge in [-0.3, -0.25) is 4.79 Å². The third kappa shape index (κ3) is 6.36. The Hall–Kier alpha value is -0.610. The second-order valence-electron chi connectivity index (χ2n) is 5.63. The van der Waals surface area contributed by atoms with Crippen molar-refractivity contribution in [2.75, 3.05) is 26.7 Å². The maximum absolute atomic E-state index is 11.6. The first-order chi connectivity index (χ1) is 8.59. The zero-order chi connectivity index (χ0) is 13.4. The summed E-state index contributed by atoms with van der Waals surface area (Å²) in [6.45, 7) is 7.40. The summed E-state index contributed by atoms with van der Waals surface area (Å²) in [7, 11) is 2.15. The zero-order valence-electron chi connectivity index (χ0n) is 12.2. The summed E-state index contributed by atoms with van der Waals surface area (Å²) in [5.74, 6) is 0.201. The van der Waals surface area contributed by atoms with Gasteiger partial charge in [-0.2, -0.15) is 0 Å². The van der Waals surface area contributed by atoms with E-state index in [-0.39, 0.29) is 5.91 Å². The molecular weight excluding hydrogens is 226 g/mol. The maximum Gasteiger partial charge on any atom is 0.221 e. The number of hydrogen-bond acceptors (Lipinski definition) is 3. The van der Waals surface area contributed by atoms with Crippen LogP contribution in [0.3, 0.4) is 0 Å². The normalized spacial score (nSPS) is 19.7. The van der Waals surface area contributed by atoms with Crippen molar-refractivity contribution in [2.24, 2.45) is 0 Å². The molecule has 1 amide bonds. The molecule has 0 aliphatic carbocycles. The number of unbranched alkanes of at least 4 members (excludes halogenated alkanes) is 1. The summed E-state index contributed by atoms with van der Waals surface area (Å²) in [5.41, 5.74) is 0. The van der Waals surface area contributed by atoms with Crippen molar-refractivity contribution in [3.8, 4) is 0 Å². The number of hydrogen-bond donors (Lipinski definition) is 2. The Morgan fingerprint density at radius 1 is 1.44 bits per heavy atom. The van der Waals surface area contributed by atoms with Crippen LogP contribution in [-0.2, 0) is 4.79 Å². The van der Waals surface area contributed by atoms with Gasteiger partial charge in [-0.05, 0) is 59.7 Å². The minimum absolute atomic E-state index is 0.201. The fourth-order valence-corrected chi connectivity index (χ4v) is 2.20. The summed E-state index contributed by atoms with van der Waals surface area (Å²) in [4.78, 5) is 14.0. The van der Waals surface area contributed by atoms with Crippen LogP contribution < -0.4 is 10.6 Å². The van der Waals surface area contributed by atoms with Gasteiger partial charge >= 0.3 is 0 Å². The van der Waals surface area contributed by atoms with E-state index in [0.717, 1.165) is 38.9 Å². The Kier molecular flexibility index (Phi) is 7.28. The second-order valence-corrected chi connectivity index (χ2v) is 5.63. The summed E-state index contributed by atoms with van der Waals surface area (Å²) < 4.78 is 0. The van der Waals surface area contributed by atoms with Crippen LogP contribution in [0.2, 0.25) is 0 Å². The molecule has 0 radical (unpaired) electrons. The van der Waals surface area contributed by atoms with E-state index in [4.69, 9.17) is 0 Å². The van der Waals surface area contributed by atoms with E-state index >= 15 is 0 Å². The minimum atomic E-state index is 0.201. The average Bonchev–Trinajstić information content (AvgIpc) is 2.80. The van der Waals surface area contributed by atoms with Crippen LogP contribution >= 0.6 is 0 Å². The van der Waals surface area contributed by atoms with Gasteiger partial charge in [-0.15, -0.1) is 0 Å². The number of carbonyl (C=O) groups is 1. The van der Waals surface area contributed by atoms with Crippen molar-refractivity contribution in [3.05, 3.63) is 0 Å². The van der Waals surface area contributed by atoms with Gasteiger partial charge < -0.3 is 15.5 Å². The predicted octanol–water partition coefficient (Wildman–Crippen LogP) is 1.37. The van der Waals surface area contributed by atoms with E-state index in [1.165, 1.54) is 6.42 Å². The maximum atomic E-state index is 11.6. The standard InChI is InChI=1S/C14H29N3O/c1-12(2)17(3)10-5-4-8-16-14(18)11-13-7-6-9-15-13/h12-13,15H,4-11H2,1-3H3,(H,16,18). The molecule has 0 aromatic carbocycles. The van der Waals surface area contributed by atoms with Crippen molar-refractivity contribution in [2.45, 2.75) is 58.0 Å². The molecule has 1 aliphatic rings. The smallest absolute Gasteiger partial charge is 0.221 e. The second kappa shape index (κ2) is 8.48. The molecule has 1 fully saturated rings. The van der Waals surface area contributed by atoms with E-state index in [2.05, 4.69) is 36.4 Å². The Bertz CT molecular complexity index is 237. The first kappa shape index (κ1) is 15.4. The Morgan fingerprint density at radius 3 is 2.83 bits per heavy atom. The Balaban J connectivity index is 1.95. The first-order valence-corrected chi connectivity index (χ1v) is 7.30. The highest BCUT2D eigenvalue weighted by Gasteiger charge is 2.16. The van der Waals surface area contributed by atoms with Gasteiger partial charge in [0.1, 0.15) is 0 Å². The van der Waals surface area contributed by atoms with Gasteiger partial charge in [0.25, 0.3) is 0 Å². The summed E-state index contributed by atoms with van der Waals surface area (Å²) in [5, 5.41) is 6.36. The Labute approximate surface area is 111 Å². The monoisotopic (exact) mass is 255 g/mol. The predicted molar refractivity (Wildman–Crippen MR) is 75.7 cm³/mol. The topological polar surface area (TPSA) is 44.4 Å². The molecule has 1 rings (SSSR count). The van der Waals surface area contributed by atoms with Crippen LogP contribution in [0.1, 0.15) is 46.0 Å². The van der Waals surface area contributed by atoms with Crippen LogP contribution in [0.5, 0.6) is 0 Å². The largest absolute Gasteiger partial charge is 0.356 e. The third-order valence-corrected chi connectivity index (χ3v) is 3.74. The van der Waals surface area contributed by atoms with Crippen LogP contribution in [0.25, 0.3) is 0 Å². The number of amides is 1. The summed E-state index contributed by atoms with van der Waals surface area (Å²) >= 11 is 0. The molecule has 0 saturated carbocycles. The SMILES string of the molecule is CC(C)N(C)CCCCNC(=O)CC1CCCN1. The molecule has 4 heteroatoms. The molecule has 0 spiro atoms. The third-order valence-electron chi connectivity index (χ3n) is 3.74. The molecule has 1 saturated heterocycles. The minimum Gasteiger partial charge on any atom is -0.356 e. The molecule has 1 aliphatic heterocycles. The van der Waals surface area contributed by atoms with E-state index in [1.54, 1.807) is 0 Å². The van der Waals surface area contributed by atoms with Crippen molar-refractivity contribution in [1.29, 1.82) is 0 Å². The fraction of sp³-hybridized carbons (Fsp3) is 0.929. The van der Waals surface area contributed by atoms with Crippen molar-refractivity contribution in [1.82, 2.24) is 15.5 Å². The van der Waals surface area contributed by atoms with Gasteiger partial charge in [0, 0.05) is 25.0 Å². The lowest BCUT2D eigenvalue weighted by atomic mass is 10.1. The number of carbonyl (C=O) groups excluding carboxylic acids is 1. The van der Waals surface area contributed by atoms with Gasteiger partial charge in [-0.1, -0.05) is 0 Å². The first-order valence-electron chi connectivity index (χ1n) is 7.30. The number of rotatable bonds is 8. The molecule has 106 valence electrons. The molecule has 1 atom stereocenters. The quantitative estimate of drug-likeness (QED) is 0.644. The van der Waals surface area contributed by atoms with E-state index < -0.39 is 0 Å². The lowest BCUT2D eigenvalue weighted by Crippen LogP contribution is -2.33. The number of nitrogens with zero attached hydrogens (tertiary/aromatic N) is 1. The van der Waals surface area contributed by atoms with Gasteiger partial charge in [0.2, 0.25) is 5.91 Å². The van der Waals surface area contributed by atoms with E-state index in [1.807, 2.05) is 0 Å². The Morgan fingerprint density at radius 2 is 2.22 bits per heavy atom. The summed E-state index contributed by atoms with van der Waals surface area (Å²) in [6.07, 6.45) is 5.22. The van der Waals surface area contributed by atoms with Crippen molar-refractivity contribution < 1.29 is 4.79 Å². The fourth-order valence-electron chi connectivity index (χ4n) is 2.20. The highest BCUT2D eigenvalue weighted by molar-refractivity contribution is 5.76. The van der Waals surface area contributed by atoms with Crippen LogP contribution in [0, 0.1) is 0 Å². The molecule has 0 bridgehead atoms. The average molecular weight is 255 g/mol. The lowest BCUT2D eigenvalue weighted by Gasteiger charge is -2.20. The molecule has 4 nitrogen and oxygen atoms in total. The van der Waals surface area contributed by atoms with Crippen LogP contribution in [0.15, 0.2) is 0 Å². The number of nitrogens with one attached hydrogen (secondary N) is 2. The molecular formula is C14H29N3O. The van der Waals surface area contributed by atoms with Crippen molar-refractivity contribution >= 4 is 5.91 Å². The van der Waals surface area contributed by atoms with Gasteiger partial charge in [0.15, 0.2) is 0 Å². The molecule has 1 unspecified atom stereocenters.